The fourth-order valence-corrected chi connectivity index (χ4v) is 2.48. The standard InChI is InChI=1S/C17H12F3N3O3/c1-10-2-7-13-14(21-10)8-9-15(16(13)23(24)25)22-11-3-5-12(6-4-11)26-17(18,19)20/h2-9,22H,1H3. The third-order valence-corrected chi connectivity index (χ3v) is 3.53. The minimum atomic E-state index is -4.78. The molecule has 9 heteroatoms. The molecule has 6 nitrogen and oxygen atoms in total. The second kappa shape index (κ2) is 6.51. The van der Waals surface area contributed by atoms with Crippen molar-refractivity contribution in [2.45, 2.75) is 13.3 Å². The molecule has 1 N–H and O–H groups in total. The Balaban J connectivity index is 1.94. The lowest BCUT2D eigenvalue weighted by Gasteiger charge is -2.11. The number of benzene rings is 2. The summed E-state index contributed by atoms with van der Waals surface area (Å²) in [7, 11) is 0. The molecule has 0 radical (unpaired) electrons. The highest BCUT2D eigenvalue weighted by molar-refractivity contribution is 5.95. The van der Waals surface area contributed by atoms with Crippen LogP contribution in [0.25, 0.3) is 10.9 Å². The van der Waals surface area contributed by atoms with E-state index in [-0.39, 0.29) is 17.1 Å². The van der Waals surface area contributed by atoms with Crippen molar-refractivity contribution in [2.75, 3.05) is 5.32 Å². The van der Waals surface area contributed by atoms with Gasteiger partial charge in [-0.25, -0.2) is 0 Å². The predicted molar refractivity (Wildman–Crippen MR) is 89.5 cm³/mol. The molecule has 0 fully saturated rings. The molecule has 0 aliphatic heterocycles. The van der Waals surface area contributed by atoms with Gasteiger partial charge in [0.15, 0.2) is 0 Å². The van der Waals surface area contributed by atoms with Gasteiger partial charge in [-0.1, -0.05) is 0 Å². The summed E-state index contributed by atoms with van der Waals surface area (Å²) in [5, 5.41) is 14.7. The van der Waals surface area contributed by atoms with E-state index in [2.05, 4.69) is 15.0 Å². The summed E-state index contributed by atoms with van der Waals surface area (Å²) in [5.74, 6) is -0.379. The zero-order chi connectivity index (χ0) is 18.9. The number of ether oxygens (including phenoxy) is 1. The average molecular weight is 363 g/mol. The Labute approximate surface area is 145 Å². The van der Waals surface area contributed by atoms with Crippen LogP contribution in [0.1, 0.15) is 5.69 Å². The van der Waals surface area contributed by atoms with Gasteiger partial charge in [0.25, 0.3) is 0 Å². The highest BCUT2D eigenvalue weighted by Crippen LogP contribution is 2.35. The van der Waals surface area contributed by atoms with E-state index >= 15 is 0 Å². The van der Waals surface area contributed by atoms with Gasteiger partial charge in [-0.3, -0.25) is 15.1 Å². The van der Waals surface area contributed by atoms with Gasteiger partial charge >= 0.3 is 12.0 Å². The van der Waals surface area contributed by atoms with Crippen LogP contribution in [0, 0.1) is 17.0 Å². The van der Waals surface area contributed by atoms with E-state index in [1.54, 1.807) is 25.1 Å². The van der Waals surface area contributed by atoms with Crippen LogP contribution in [0.2, 0.25) is 0 Å². The third-order valence-electron chi connectivity index (χ3n) is 3.53. The van der Waals surface area contributed by atoms with Crippen molar-refractivity contribution in [2.24, 2.45) is 0 Å². The number of nitrogens with zero attached hydrogens (tertiary/aromatic N) is 2. The van der Waals surface area contributed by atoms with Crippen LogP contribution in [0.5, 0.6) is 5.75 Å². The quantitative estimate of drug-likeness (QED) is 0.516. The maximum absolute atomic E-state index is 12.2. The van der Waals surface area contributed by atoms with Gasteiger partial charge < -0.3 is 10.1 Å². The summed E-state index contributed by atoms with van der Waals surface area (Å²) in [6.07, 6.45) is -4.78. The Morgan fingerprint density at radius 2 is 1.77 bits per heavy atom. The van der Waals surface area contributed by atoms with Crippen molar-refractivity contribution in [1.82, 2.24) is 4.98 Å². The number of rotatable bonds is 4. The molecule has 0 aliphatic rings. The Bertz CT molecular complexity index is 973. The zero-order valence-electron chi connectivity index (χ0n) is 13.4. The van der Waals surface area contributed by atoms with E-state index in [1.165, 1.54) is 18.2 Å². The van der Waals surface area contributed by atoms with Crippen LogP contribution in [-0.2, 0) is 0 Å². The molecular formula is C17H12F3N3O3. The average Bonchev–Trinajstić information content (AvgIpc) is 2.55. The number of alkyl halides is 3. The van der Waals surface area contributed by atoms with E-state index in [0.717, 1.165) is 17.8 Å². The second-order valence-corrected chi connectivity index (χ2v) is 5.44. The molecule has 0 spiro atoms. The number of aryl methyl sites for hydroxylation is 1. The van der Waals surface area contributed by atoms with Crippen LogP contribution >= 0.6 is 0 Å². The minimum Gasteiger partial charge on any atom is -0.406 e. The monoisotopic (exact) mass is 363 g/mol. The van der Waals surface area contributed by atoms with Crippen molar-refractivity contribution >= 4 is 28.0 Å². The molecule has 0 amide bonds. The molecule has 1 heterocycles. The van der Waals surface area contributed by atoms with E-state index < -0.39 is 11.3 Å². The van der Waals surface area contributed by atoms with Crippen molar-refractivity contribution < 1.29 is 22.8 Å². The van der Waals surface area contributed by atoms with Gasteiger partial charge in [-0.05, 0) is 55.5 Å². The molecule has 134 valence electrons. The summed E-state index contributed by atoms with van der Waals surface area (Å²) in [6, 6.07) is 11.3. The molecule has 0 saturated carbocycles. The zero-order valence-corrected chi connectivity index (χ0v) is 13.4. The number of nitrogens with one attached hydrogen (secondary N) is 1. The Morgan fingerprint density at radius 3 is 2.38 bits per heavy atom. The topological polar surface area (TPSA) is 77.3 Å². The van der Waals surface area contributed by atoms with Crippen molar-refractivity contribution in [1.29, 1.82) is 0 Å². The summed E-state index contributed by atoms with van der Waals surface area (Å²) < 4.78 is 40.4. The van der Waals surface area contributed by atoms with Crippen LogP contribution in [-0.4, -0.2) is 16.3 Å². The highest BCUT2D eigenvalue weighted by Gasteiger charge is 2.31. The lowest BCUT2D eigenvalue weighted by molar-refractivity contribution is -0.382. The van der Waals surface area contributed by atoms with Crippen LogP contribution < -0.4 is 10.1 Å². The maximum Gasteiger partial charge on any atom is 0.573 e. The smallest absolute Gasteiger partial charge is 0.406 e. The van der Waals surface area contributed by atoms with Crippen molar-refractivity contribution in [3.8, 4) is 5.75 Å². The van der Waals surface area contributed by atoms with Crippen LogP contribution in [0.3, 0.4) is 0 Å². The highest BCUT2D eigenvalue weighted by atomic mass is 19.4. The van der Waals surface area contributed by atoms with E-state index in [0.29, 0.717) is 16.6 Å². The normalized spacial score (nSPS) is 11.4. The third kappa shape index (κ3) is 3.82. The molecule has 3 aromatic rings. The fraction of sp³-hybridized carbons (Fsp3) is 0.118. The van der Waals surface area contributed by atoms with E-state index in [4.69, 9.17) is 0 Å². The largest absolute Gasteiger partial charge is 0.573 e. The van der Waals surface area contributed by atoms with Gasteiger partial charge in [0, 0.05) is 11.4 Å². The second-order valence-electron chi connectivity index (χ2n) is 5.44. The first kappa shape index (κ1) is 17.5. The molecule has 3 rings (SSSR count). The summed E-state index contributed by atoms with van der Waals surface area (Å²) in [6.45, 7) is 1.78. The number of nitro groups is 1. The molecule has 0 bridgehead atoms. The predicted octanol–water partition coefficient (Wildman–Crippen LogP) is 5.09. The first-order chi connectivity index (χ1) is 12.2. The van der Waals surface area contributed by atoms with Crippen LogP contribution in [0.4, 0.5) is 30.2 Å². The van der Waals surface area contributed by atoms with Gasteiger partial charge in [0.2, 0.25) is 0 Å². The lowest BCUT2D eigenvalue weighted by Crippen LogP contribution is -2.16. The van der Waals surface area contributed by atoms with Crippen molar-refractivity contribution in [3.05, 3.63) is 64.3 Å². The van der Waals surface area contributed by atoms with Gasteiger partial charge in [-0.15, -0.1) is 13.2 Å². The molecule has 2 aromatic carbocycles. The SMILES string of the molecule is Cc1ccc2c([N+](=O)[O-])c(Nc3ccc(OC(F)(F)F)cc3)ccc2n1. The summed E-state index contributed by atoms with van der Waals surface area (Å²) in [4.78, 5) is 15.2. The van der Waals surface area contributed by atoms with Gasteiger partial charge in [0.05, 0.1) is 15.8 Å². The Kier molecular flexibility index (Phi) is 4.37. The molecule has 0 atom stereocenters. The first-order valence-electron chi connectivity index (χ1n) is 7.40. The van der Waals surface area contributed by atoms with E-state index in [9.17, 15) is 23.3 Å². The minimum absolute atomic E-state index is 0.161. The van der Waals surface area contributed by atoms with Gasteiger partial charge in [0.1, 0.15) is 11.4 Å². The van der Waals surface area contributed by atoms with Crippen LogP contribution in [0.15, 0.2) is 48.5 Å². The fourth-order valence-electron chi connectivity index (χ4n) is 2.48. The number of hydrogen-bond acceptors (Lipinski definition) is 5. The number of pyridine rings is 1. The summed E-state index contributed by atoms with van der Waals surface area (Å²) >= 11 is 0. The lowest BCUT2D eigenvalue weighted by atomic mass is 10.1. The Hall–Kier alpha value is -3.36. The number of hydrogen-bond donors (Lipinski definition) is 1. The molecular weight excluding hydrogens is 351 g/mol. The summed E-state index contributed by atoms with van der Waals surface area (Å²) in [5.41, 5.74) is 1.63. The van der Waals surface area contributed by atoms with Gasteiger partial charge in [-0.2, -0.15) is 0 Å². The van der Waals surface area contributed by atoms with Crippen molar-refractivity contribution in [3.63, 3.8) is 0 Å². The van der Waals surface area contributed by atoms with E-state index in [1.807, 2.05) is 0 Å². The number of anilines is 2. The maximum atomic E-state index is 12.2. The number of halogens is 3. The molecule has 0 saturated heterocycles. The molecule has 1 aromatic heterocycles. The Morgan fingerprint density at radius 1 is 1.08 bits per heavy atom. The number of nitro benzene ring substituents is 1. The molecule has 0 unspecified atom stereocenters. The first-order valence-corrected chi connectivity index (χ1v) is 7.40. The molecule has 0 aliphatic carbocycles. The number of aromatic nitrogens is 1. The molecule has 26 heavy (non-hydrogen) atoms. The number of fused-ring (bicyclic) bond motifs is 1.